The zero-order valence-electron chi connectivity index (χ0n) is 9.23. The lowest BCUT2D eigenvalue weighted by molar-refractivity contribution is 0.0442. The Morgan fingerprint density at radius 2 is 2.18 bits per heavy atom. The predicted octanol–water partition coefficient (Wildman–Crippen LogP) is 1.96. The average molecular weight is 233 g/mol. The Bertz CT molecular complexity index is 524. The smallest absolute Gasteiger partial charge is 0.374 e. The van der Waals surface area contributed by atoms with Gasteiger partial charge in [-0.15, -0.1) is 0 Å². The highest BCUT2D eigenvalue weighted by Gasteiger charge is 2.14. The first kappa shape index (κ1) is 11.2. The first-order valence-electron chi connectivity index (χ1n) is 5.07. The number of ether oxygens (including phenoxy) is 1. The number of H-pyrrole nitrogens is 1. The van der Waals surface area contributed by atoms with Crippen LogP contribution in [0.1, 0.15) is 26.8 Å². The third-order valence-corrected chi connectivity index (χ3v) is 2.17. The van der Waals surface area contributed by atoms with Gasteiger partial charge in [-0.3, -0.25) is 4.79 Å². The van der Waals surface area contributed by atoms with E-state index in [9.17, 15) is 9.59 Å². The second-order valence-corrected chi connectivity index (χ2v) is 3.49. The van der Waals surface area contributed by atoms with Crippen molar-refractivity contribution in [2.45, 2.75) is 6.92 Å². The quantitative estimate of drug-likeness (QED) is 0.647. The predicted molar refractivity (Wildman–Crippen MR) is 58.9 cm³/mol. The molecule has 0 saturated heterocycles. The van der Waals surface area contributed by atoms with Gasteiger partial charge in [0.2, 0.25) is 11.5 Å². The van der Waals surface area contributed by atoms with Gasteiger partial charge in [0.15, 0.2) is 6.61 Å². The summed E-state index contributed by atoms with van der Waals surface area (Å²) in [6.07, 6.45) is 1.63. The van der Waals surface area contributed by atoms with Crippen LogP contribution in [0.15, 0.2) is 34.9 Å². The molecule has 0 bridgehead atoms. The van der Waals surface area contributed by atoms with Crippen LogP contribution >= 0.6 is 0 Å². The topological polar surface area (TPSA) is 72.3 Å². The van der Waals surface area contributed by atoms with Crippen LogP contribution in [0.5, 0.6) is 0 Å². The molecule has 2 rings (SSSR count). The minimum absolute atomic E-state index is 0.0989. The van der Waals surface area contributed by atoms with E-state index in [1.54, 1.807) is 31.3 Å². The van der Waals surface area contributed by atoms with E-state index < -0.39 is 5.97 Å². The number of nitrogens with one attached hydrogen (secondary N) is 1. The van der Waals surface area contributed by atoms with E-state index in [-0.39, 0.29) is 18.2 Å². The van der Waals surface area contributed by atoms with E-state index in [0.717, 1.165) is 0 Å². The first-order chi connectivity index (χ1) is 8.16. The second kappa shape index (κ2) is 4.69. The number of furan rings is 1. The van der Waals surface area contributed by atoms with Gasteiger partial charge >= 0.3 is 5.97 Å². The number of hydrogen-bond acceptors (Lipinski definition) is 4. The molecule has 0 amide bonds. The molecule has 17 heavy (non-hydrogen) atoms. The number of rotatable bonds is 4. The maximum absolute atomic E-state index is 11.5. The maximum Gasteiger partial charge on any atom is 0.374 e. The molecule has 0 aliphatic carbocycles. The van der Waals surface area contributed by atoms with Gasteiger partial charge in [-0.05, 0) is 31.2 Å². The van der Waals surface area contributed by atoms with Crippen molar-refractivity contribution in [1.29, 1.82) is 0 Å². The van der Waals surface area contributed by atoms with Gasteiger partial charge in [0.25, 0.3) is 0 Å². The van der Waals surface area contributed by atoms with E-state index in [1.807, 2.05) is 0 Å². The summed E-state index contributed by atoms with van der Waals surface area (Å²) in [7, 11) is 0. The van der Waals surface area contributed by atoms with E-state index in [2.05, 4.69) is 4.98 Å². The normalized spacial score (nSPS) is 10.2. The van der Waals surface area contributed by atoms with Gasteiger partial charge in [0.05, 0.1) is 5.69 Å². The molecule has 0 aromatic carbocycles. The molecule has 2 heterocycles. The third-order valence-electron chi connectivity index (χ3n) is 2.17. The molecule has 88 valence electrons. The average Bonchev–Trinajstić information content (AvgIpc) is 2.95. The molecule has 0 aliphatic rings. The van der Waals surface area contributed by atoms with E-state index in [4.69, 9.17) is 9.15 Å². The number of Topliss-reactive ketones (excluding diaryl/α,β-unsaturated/α-hetero) is 1. The van der Waals surface area contributed by atoms with Crippen molar-refractivity contribution in [2.75, 3.05) is 6.61 Å². The Balaban J connectivity index is 1.91. The SMILES string of the molecule is Cc1ccc(C(=O)OCC(=O)c2ccc[nH]2)o1. The Labute approximate surface area is 97.4 Å². The number of ketones is 1. The summed E-state index contributed by atoms with van der Waals surface area (Å²) in [6, 6.07) is 6.48. The van der Waals surface area contributed by atoms with Crippen molar-refractivity contribution in [3.63, 3.8) is 0 Å². The van der Waals surface area contributed by atoms with Crippen molar-refractivity contribution in [3.8, 4) is 0 Å². The number of esters is 1. The Hall–Kier alpha value is -2.30. The molecule has 2 aromatic heterocycles. The van der Waals surface area contributed by atoms with Crippen LogP contribution in [-0.2, 0) is 4.74 Å². The zero-order chi connectivity index (χ0) is 12.3. The van der Waals surface area contributed by atoms with E-state index >= 15 is 0 Å². The maximum atomic E-state index is 11.5. The molecular formula is C12H11NO4. The Morgan fingerprint density at radius 1 is 1.35 bits per heavy atom. The number of hydrogen-bond donors (Lipinski definition) is 1. The molecule has 0 atom stereocenters. The first-order valence-corrected chi connectivity index (χ1v) is 5.07. The minimum atomic E-state index is -0.641. The summed E-state index contributed by atoms with van der Waals surface area (Å²) in [6.45, 7) is 1.42. The van der Waals surface area contributed by atoms with Crippen LogP contribution in [-0.4, -0.2) is 23.3 Å². The van der Waals surface area contributed by atoms with Crippen LogP contribution in [0, 0.1) is 6.92 Å². The fourth-order valence-corrected chi connectivity index (χ4v) is 1.33. The Kier molecular flexibility index (Phi) is 3.09. The number of carbonyl (C=O) groups excluding carboxylic acids is 2. The van der Waals surface area contributed by atoms with Crippen LogP contribution in [0.4, 0.5) is 0 Å². The molecule has 0 unspecified atom stereocenters. The second-order valence-electron chi connectivity index (χ2n) is 3.49. The van der Waals surface area contributed by atoms with Crippen molar-refractivity contribution in [2.24, 2.45) is 0 Å². The van der Waals surface area contributed by atoms with E-state index in [0.29, 0.717) is 11.5 Å². The molecular weight excluding hydrogens is 222 g/mol. The number of aryl methyl sites for hydroxylation is 1. The highest BCUT2D eigenvalue weighted by Crippen LogP contribution is 2.08. The zero-order valence-corrected chi connectivity index (χ0v) is 9.23. The molecule has 0 radical (unpaired) electrons. The molecule has 0 fully saturated rings. The summed E-state index contributed by atoms with van der Waals surface area (Å²) in [4.78, 5) is 25.7. The molecule has 0 saturated carbocycles. The highest BCUT2D eigenvalue weighted by molar-refractivity contribution is 5.97. The molecule has 0 aliphatic heterocycles. The van der Waals surface area contributed by atoms with Gasteiger partial charge < -0.3 is 14.1 Å². The lowest BCUT2D eigenvalue weighted by Gasteiger charge is -2.00. The molecule has 5 nitrogen and oxygen atoms in total. The fraction of sp³-hybridized carbons (Fsp3) is 0.167. The van der Waals surface area contributed by atoms with Gasteiger partial charge in [-0.25, -0.2) is 4.79 Å². The standard InChI is InChI=1S/C12H11NO4/c1-8-4-5-11(17-8)12(15)16-7-10(14)9-3-2-6-13-9/h2-6,13H,7H2,1H3. The summed E-state index contributed by atoms with van der Waals surface area (Å²) in [5, 5.41) is 0. The number of carbonyl (C=O) groups is 2. The van der Waals surface area contributed by atoms with Gasteiger partial charge in [0.1, 0.15) is 5.76 Å². The lowest BCUT2D eigenvalue weighted by atomic mass is 10.3. The summed E-state index contributed by atoms with van der Waals surface area (Å²) >= 11 is 0. The lowest BCUT2D eigenvalue weighted by Crippen LogP contribution is -2.14. The summed E-state index contributed by atoms with van der Waals surface area (Å²) < 4.78 is 9.90. The van der Waals surface area contributed by atoms with Gasteiger partial charge in [-0.2, -0.15) is 0 Å². The minimum Gasteiger partial charge on any atom is -0.454 e. The van der Waals surface area contributed by atoms with E-state index in [1.165, 1.54) is 6.07 Å². The molecule has 5 heteroatoms. The molecule has 0 spiro atoms. The van der Waals surface area contributed by atoms with Crippen molar-refractivity contribution in [3.05, 3.63) is 47.7 Å². The molecule has 1 N–H and O–H groups in total. The van der Waals surface area contributed by atoms with Crippen molar-refractivity contribution in [1.82, 2.24) is 4.98 Å². The Morgan fingerprint density at radius 3 is 2.76 bits per heavy atom. The molecule has 2 aromatic rings. The monoisotopic (exact) mass is 233 g/mol. The van der Waals surface area contributed by atoms with Crippen LogP contribution in [0.2, 0.25) is 0 Å². The summed E-state index contributed by atoms with van der Waals surface area (Å²) in [5.41, 5.74) is 0.411. The number of aromatic amines is 1. The highest BCUT2D eigenvalue weighted by atomic mass is 16.5. The van der Waals surface area contributed by atoms with Crippen molar-refractivity contribution < 1.29 is 18.7 Å². The largest absolute Gasteiger partial charge is 0.454 e. The van der Waals surface area contributed by atoms with Crippen LogP contribution < -0.4 is 0 Å². The van der Waals surface area contributed by atoms with Gasteiger partial charge in [0, 0.05) is 6.20 Å². The fourth-order valence-electron chi connectivity index (χ4n) is 1.33. The summed E-state index contributed by atoms with van der Waals surface area (Å²) in [5.74, 6) is -0.209. The number of aromatic nitrogens is 1. The third kappa shape index (κ3) is 2.63. The van der Waals surface area contributed by atoms with Crippen LogP contribution in [0.3, 0.4) is 0 Å². The van der Waals surface area contributed by atoms with Crippen molar-refractivity contribution >= 4 is 11.8 Å². The van der Waals surface area contributed by atoms with Crippen LogP contribution in [0.25, 0.3) is 0 Å². The van der Waals surface area contributed by atoms with Gasteiger partial charge in [-0.1, -0.05) is 0 Å².